The van der Waals surface area contributed by atoms with Crippen LogP contribution < -0.4 is 5.32 Å². The Morgan fingerprint density at radius 1 is 1.15 bits per heavy atom. The van der Waals surface area contributed by atoms with E-state index in [4.69, 9.17) is 23.2 Å². The highest BCUT2D eigenvalue weighted by atomic mass is 35.5. The van der Waals surface area contributed by atoms with Crippen molar-refractivity contribution in [2.45, 2.75) is 11.4 Å². The maximum Gasteiger partial charge on any atom is 0.235 e. The highest BCUT2D eigenvalue weighted by Gasteiger charge is 2.10. The van der Waals surface area contributed by atoms with Crippen molar-refractivity contribution in [1.82, 2.24) is 9.78 Å². The average Bonchev–Trinajstić information content (AvgIpc) is 3.03. The molecule has 134 valence electrons. The van der Waals surface area contributed by atoms with Gasteiger partial charge in [0.1, 0.15) is 11.6 Å². The summed E-state index contributed by atoms with van der Waals surface area (Å²) < 4.78 is 14.5. The summed E-state index contributed by atoms with van der Waals surface area (Å²) in [7, 11) is 0. The number of benzene rings is 2. The van der Waals surface area contributed by atoms with E-state index in [0.29, 0.717) is 22.4 Å². The van der Waals surface area contributed by atoms with Crippen LogP contribution in [0.4, 0.5) is 10.2 Å². The van der Waals surface area contributed by atoms with Crippen molar-refractivity contribution >= 4 is 46.7 Å². The SMILES string of the molecule is O=C(CSc1ccc(F)cc1)Nc1ccnn1Cc1ccc(Cl)cc1Cl. The fraction of sp³-hybridized carbons (Fsp3) is 0.111. The molecule has 1 amide bonds. The molecule has 0 radical (unpaired) electrons. The fourth-order valence-corrected chi connectivity index (χ4v) is 3.40. The molecule has 2 aromatic carbocycles. The standard InChI is InChI=1S/C18H14Cl2FN3OS/c19-13-2-1-12(16(20)9-13)10-24-17(7-8-22-24)23-18(25)11-26-15-5-3-14(21)4-6-15/h1-9H,10-11H2,(H,23,25). The number of aromatic nitrogens is 2. The Kier molecular flexibility index (Phi) is 6.19. The minimum absolute atomic E-state index is 0.178. The van der Waals surface area contributed by atoms with Gasteiger partial charge in [0.2, 0.25) is 5.91 Å². The molecular formula is C18H14Cl2FN3OS. The first kappa shape index (κ1) is 18.8. The van der Waals surface area contributed by atoms with Crippen LogP contribution in [0.2, 0.25) is 10.0 Å². The lowest BCUT2D eigenvalue weighted by Crippen LogP contribution is -2.17. The smallest absolute Gasteiger partial charge is 0.235 e. The Morgan fingerprint density at radius 2 is 1.92 bits per heavy atom. The molecule has 0 saturated heterocycles. The van der Waals surface area contributed by atoms with Crippen molar-refractivity contribution in [3.05, 3.63) is 76.2 Å². The van der Waals surface area contributed by atoms with Gasteiger partial charge in [-0.2, -0.15) is 5.10 Å². The predicted octanol–water partition coefficient (Wildman–Crippen LogP) is 5.11. The molecule has 3 rings (SSSR count). The van der Waals surface area contributed by atoms with E-state index in [0.717, 1.165) is 10.5 Å². The highest BCUT2D eigenvalue weighted by molar-refractivity contribution is 8.00. The summed E-state index contributed by atoms with van der Waals surface area (Å²) in [5, 5.41) is 8.14. The molecule has 0 spiro atoms. The van der Waals surface area contributed by atoms with Crippen LogP contribution in [0.25, 0.3) is 0 Å². The van der Waals surface area contributed by atoms with Gasteiger partial charge in [-0.3, -0.25) is 4.79 Å². The van der Waals surface area contributed by atoms with E-state index in [1.165, 1.54) is 23.9 Å². The molecule has 0 saturated carbocycles. The molecule has 0 unspecified atom stereocenters. The number of thioether (sulfide) groups is 1. The van der Waals surface area contributed by atoms with Gasteiger partial charge < -0.3 is 5.32 Å². The van der Waals surface area contributed by atoms with E-state index in [1.807, 2.05) is 6.07 Å². The second-order valence-corrected chi connectivity index (χ2v) is 7.29. The molecule has 0 fully saturated rings. The van der Waals surface area contributed by atoms with E-state index >= 15 is 0 Å². The lowest BCUT2D eigenvalue weighted by atomic mass is 10.2. The van der Waals surface area contributed by atoms with Gasteiger partial charge in [-0.05, 0) is 42.0 Å². The summed E-state index contributed by atoms with van der Waals surface area (Å²) in [6.07, 6.45) is 1.60. The third-order valence-electron chi connectivity index (χ3n) is 3.50. The molecule has 4 nitrogen and oxygen atoms in total. The molecule has 3 aromatic rings. The average molecular weight is 410 g/mol. The fourth-order valence-electron chi connectivity index (χ4n) is 2.23. The summed E-state index contributed by atoms with van der Waals surface area (Å²) in [5.74, 6) is 0.297. The van der Waals surface area contributed by atoms with Gasteiger partial charge in [-0.1, -0.05) is 29.3 Å². The van der Waals surface area contributed by atoms with Crippen LogP contribution in [0.5, 0.6) is 0 Å². The Hall–Kier alpha value is -2.02. The Morgan fingerprint density at radius 3 is 2.65 bits per heavy atom. The summed E-state index contributed by atoms with van der Waals surface area (Å²) in [6, 6.07) is 13.0. The molecule has 1 N–H and O–H groups in total. The molecular weight excluding hydrogens is 396 g/mol. The number of carbonyl (C=O) groups is 1. The minimum atomic E-state index is -0.302. The summed E-state index contributed by atoms with van der Waals surface area (Å²) in [5.41, 5.74) is 0.843. The summed E-state index contributed by atoms with van der Waals surface area (Å²) >= 11 is 13.4. The van der Waals surface area contributed by atoms with E-state index in [2.05, 4.69) is 10.4 Å². The first-order chi connectivity index (χ1) is 12.5. The maximum absolute atomic E-state index is 12.9. The number of anilines is 1. The molecule has 1 aromatic heterocycles. The monoisotopic (exact) mass is 409 g/mol. The first-order valence-corrected chi connectivity index (χ1v) is 9.39. The molecule has 0 atom stereocenters. The van der Waals surface area contributed by atoms with Crippen molar-refractivity contribution in [1.29, 1.82) is 0 Å². The Balaban J connectivity index is 1.61. The molecule has 0 aliphatic heterocycles. The van der Waals surface area contributed by atoms with Crippen LogP contribution in [-0.2, 0) is 11.3 Å². The molecule has 0 aliphatic rings. The Bertz CT molecular complexity index is 915. The number of hydrogen-bond acceptors (Lipinski definition) is 3. The lowest BCUT2D eigenvalue weighted by molar-refractivity contribution is -0.113. The van der Waals surface area contributed by atoms with Crippen LogP contribution in [0.1, 0.15) is 5.56 Å². The lowest BCUT2D eigenvalue weighted by Gasteiger charge is -2.10. The van der Waals surface area contributed by atoms with Gasteiger partial charge in [0, 0.05) is 21.0 Å². The van der Waals surface area contributed by atoms with Crippen molar-refractivity contribution in [2.75, 3.05) is 11.1 Å². The van der Waals surface area contributed by atoms with Crippen LogP contribution in [0, 0.1) is 5.82 Å². The third-order valence-corrected chi connectivity index (χ3v) is 5.10. The third kappa shape index (κ3) is 5.00. The number of amides is 1. The number of hydrogen-bond donors (Lipinski definition) is 1. The van der Waals surface area contributed by atoms with Gasteiger partial charge in [0.05, 0.1) is 18.5 Å². The number of nitrogens with one attached hydrogen (secondary N) is 1. The molecule has 1 heterocycles. The number of carbonyl (C=O) groups excluding carboxylic acids is 1. The normalized spacial score (nSPS) is 10.7. The largest absolute Gasteiger partial charge is 0.310 e. The molecule has 0 aliphatic carbocycles. The van der Waals surface area contributed by atoms with Crippen molar-refractivity contribution in [3.63, 3.8) is 0 Å². The van der Waals surface area contributed by atoms with Gasteiger partial charge in [-0.15, -0.1) is 11.8 Å². The zero-order valence-electron chi connectivity index (χ0n) is 13.5. The quantitative estimate of drug-likeness (QED) is 0.575. The summed E-state index contributed by atoms with van der Waals surface area (Å²) in [6.45, 7) is 0.406. The van der Waals surface area contributed by atoms with E-state index < -0.39 is 0 Å². The zero-order valence-corrected chi connectivity index (χ0v) is 15.8. The van der Waals surface area contributed by atoms with Crippen LogP contribution in [0.3, 0.4) is 0 Å². The second kappa shape index (κ2) is 8.58. The topological polar surface area (TPSA) is 46.9 Å². The highest BCUT2D eigenvalue weighted by Crippen LogP contribution is 2.23. The molecule has 26 heavy (non-hydrogen) atoms. The molecule has 0 bridgehead atoms. The second-order valence-electron chi connectivity index (χ2n) is 5.40. The molecule has 8 heteroatoms. The van der Waals surface area contributed by atoms with Crippen LogP contribution >= 0.6 is 35.0 Å². The summed E-state index contributed by atoms with van der Waals surface area (Å²) in [4.78, 5) is 13.0. The first-order valence-electron chi connectivity index (χ1n) is 7.65. The maximum atomic E-state index is 12.9. The van der Waals surface area contributed by atoms with E-state index in [9.17, 15) is 9.18 Å². The van der Waals surface area contributed by atoms with Gasteiger partial charge in [0.25, 0.3) is 0 Å². The Labute approximate surface area is 164 Å². The number of rotatable bonds is 6. The van der Waals surface area contributed by atoms with Gasteiger partial charge in [0.15, 0.2) is 0 Å². The van der Waals surface area contributed by atoms with Crippen LogP contribution in [0.15, 0.2) is 59.6 Å². The number of nitrogens with zero attached hydrogens (tertiary/aromatic N) is 2. The van der Waals surface area contributed by atoms with Crippen LogP contribution in [-0.4, -0.2) is 21.4 Å². The van der Waals surface area contributed by atoms with Crippen molar-refractivity contribution in [2.24, 2.45) is 0 Å². The van der Waals surface area contributed by atoms with Crippen molar-refractivity contribution in [3.8, 4) is 0 Å². The predicted molar refractivity (Wildman–Crippen MR) is 104 cm³/mol. The van der Waals surface area contributed by atoms with Crippen molar-refractivity contribution < 1.29 is 9.18 Å². The van der Waals surface area contributed by atoms with Gasteiger partial charge in [-0.25, -0.2) is 9.07 Å². The van der Waals surface area contributed by atoms with E-state index in [-0.39, 0.29) is 17.5 Å². The van der Waals surface area contributed by atoms with Gasteiger partial charge >= 0.3 is 0 Å². The van der Waals surface area contributed by atoms with E-state index in [1.54, 1.807) is 41.2 Å². The number of halogens is 3. The zero-order chi connectivity index (χ0) is 18.5. The minimum Gasteiger partial charge on any atom is -0.310 e.